The van der Waals surface area contributed by atoms with E-state index >= 15 is 0 Å². The summed E-state index contributed by atoms with van der Waals surface area (Å²) in [5.41, 5.74) is 0. The van der Waals surface area contributed by atoms with Gasteiger partial charge in [0, 0.05) is 13.0 Å². The van der Waals surface area contributed by atoms with Gasteiger partial charge < -0.3 is 19.7 Å². The maximum atomic E-state index is 14.0. The number of carbonyl (C=O) groups excluding carboxylic acids is 2. The third kappa shape index (κ3) is 41.7. The number of esters is 2. The lowest BCUT2D eigenvalue weighted by Crippen LogP contribution is -2.45. The summed E-state index contributed by atoms with van der Waals surface area (Å²) in [7, 11) is 1.78. The fourth-order valence-electron chi connectivity index (χ4n) is 8.79. The smallest absolute Gasteiger partial charge is 0.323 e. The second-order valence-corrected chi connectivity index (χ2v) is 19.4. The molecule has 64 heavy (non-hydrogen) atoms. The number of unbranched alkanes of at least 4 members (excludes halogenated alkanes) is 28. The number of likely N-dealkylation sites (N-methyl/N-ethyl adjacent to an activating group) is 1. The van der Waals surface area contributed by atoms with Gasteiger partial charge in [-0.3, -0.25) is 14.5 Å². The van der Waals surface area contributed by atoms with Gasteiger partial charge in [0.2, 0.25) is 0 Å². The Kier molecular flexibility index (Phi) is 47.9. The molecule has 7 heteroatoms. The molecule has 0 bridgehead atoms. The summed E-state index contributed by atoms with van der Waals surface area (Å²) in [6.45, 7) is 8.72. The van der Waals surface area contributed by atoms with Crippen molar-refractivity contribution in [2.75, 3.05) is 20.2 Å². The van der Waals surface area contributed by atoms with Gasteiger partial charge in [-0.15, -0.1) is 0 Å². The van der Waals surface area contributed by atoms with Crippen molar-refractivity contribution in [3.63, 3.8) is 0 Å². The van der Waals surface area contributed by atoms with Gasteiger partial charge in [-0.05, 0) is 90.5 Å². The van der Waals surface area contributed by atoms with Gasteiger partial charge in [0.25, 0.3) is 0 Å². The lowest BCUT2D eigenvalue weighted by atomic mass is 10.0. The van der Waals surface area contributed by atoms with Crippen LogP contribution in [0.5, 0.6) is 0 Å². The number of aliphatic hydroxyl groups is 2. The topological polar surface area (TPSA) is 96.3 Å². The highest BCUT2D eigenvalue weighted by molar-refractivity contribution is 5.77. The van der Waals surface area contributed by atoms with Crippen LogP contribution in [0.15, 0.2) is 24.3 Å². The molecule has 0 amide bonds. The summed E-state index contributed by atoms with van der Waals surface area (Å²) < 4.78 is 12.5. The molecule has 0 spiro atoms. The Labute approximate surface area is 398 Å². The van der Waals surface area contributed by atoms with Crippen LogP contribution in [-0.2, 0) is 19.1 Å². The van der Waals surface area contributed by atoms with Crippen molar-refractivity contribution in [2.45, 2.75) is 309 Å². The van der Waals surface area contributed by atoms with E-state index in [9.17, 15) is 19.8 Å². The maximum Gasteiger partial charge on any atom is 0.323 e. The van der Waals surface area contributed by atoms with Crippen molar-refractivity contribution >= 4 is 11.9 Å². The zero-order chi connectivity index (χ0) is 47.0. The molecule has 0 aliphatic rings. The lowest BCUT2D eigenvalue weighted by molar-refractivity contribution is -0.157. The van der Waals surface area contributed by atoms with Crippen LogP contribution in [0.25, 0.3) is 0 Å². The monoisotopic (exact) mass is 904 g/mol. The van der Waals surface area contributed by atoms with Crippen molar-refractivity contribution in [3.05, 3.63) is 24.3 Å². The summed E-state index contributed by atoms with van der Waals surface area (Å²) >= 11 is 0. The minimum absolute atomic E-state index is 0.102. The SMILES string of the molecule is CCCCC/C=C\CCC(CCCCCCCCCCCCCC)OC(=O)CC[C@@H](C(=O)OC(CC/C=C\CCCCC)CCCCCCCCCCCCCC)N(C)CC(O)CO. The van der Waals surface area contributed by atoms with Gasteiger partial charge in [-0.25, -0.2) is 0 Å². The fourth-order valence-corrected chi connectivity index (χ4v) is 8.79. The molecule has 0 aromatic carbocycles. The number of aliphatic hydroxyl groups excluding tert-OH is 2. The minimum atomic E-state index is -0.989. The molecule has 2 N–H and O–H groups in total. The molecule has 378 valence electrons. The Morgan fingerprint density at radius 3 is 1.19 bits per heavy atom. The average Bonchev–Trinajstić information content (AvgIpc) is 3.28. The highest BCUT2D eigenvalue weighted by Crippen LogP contribution is 2.21. The Bertz CT molecular complexity index is 1050. The second kappa shape index (κ2) is 49.2. The van der Waals surface area contributed by atoms with Gasteiger partial charge in [0.05, 0.1) is 12.7 Å². The Morgan fingerprint density at radius 2 is 0.797 bits per heavy atom. The zero-order valence-electron chi connectivity index (χ0n) is 43.3. The number of allylic oxidation sites excluding steroid dienone is 4. The molecular weight excluding hydrogens is 795 g/mol. The standard InChI is InChI=1S/C57H109NO6/c1-6-10-14-18-22-24-26-28-30-34-38-41-45-53(44-40-36-32-20-16-12-8-3)63-56(61)49-48-55(58(5)50-52(60)51-59)57(62)64-54(46-42-37-33-21-17-13-9-4)47-43-39-35-31-29-27-25-23-19-15-11-7-2/h32-33,36-37,52-55,59-60H,6-31,34-35,38-51H2,1-5H3/b36-32-,37-33-/t52?,53?,54?,55-/m0/s1. The molecule has 0 aromatic heterocycles. The van der Waals surface area contributed by atoms with E-state index in [1.165, 1.54) is 173 Å². The van der Waals surface area contributed by atoms with E-state index in [0.717, 1.165) is 70.6 Å². The Morgan fingerprint density at radius 1 is 0.453 bits per heavy atom. The van der Waals surface area contributed by atoms with Gasteiger partial charge in [-0.2, -0.15) is 0 Å². The van der Waals surface area contributed by atoms with E-state index in [0.29, 0.717) is 0 Å². The fraction of sp³-hybridized carbons (Fsp3) is 0.895. The summed E-state index contributed by atoms with van der Waals surface area (Å²) in [6.07, 6.45) is 53.7. The van der Waals surface area contributed by atoms with Crippen molar-refractivity contribution < 1.29 is 29.3 Å². The number of ether oxygens (including phenoxy) is 2. The molecule has 0 heterocycles. The zero-order valence-corrected chi connectivity index (χ0v) is 43.3. The maximum absolute atomic E-state index is 14.0. The van der Waals surface area contributed by atoms with Crippen LogP contribution in [0.4, 0.5) is 0 Å². The van der Waals surface area contributed by atoms with Gasteiger partial charge in [0.1, 0.15) is 18.2 Å². The molecule has 0 rings (SSSR count). The van der Waals surface area contributed by atoms with Crippen LogP contribution in [0, 0.1) is 0 Å². The van der Waals surface area contributed by atoms with Crippen LogP contribution >= 0.6 is 0 Å². The first-order valence-corrected chi connectivity index (χ1v) is 28.0. The van der Waals surface area contributed by atoms with E-state index in [2.05, 4.69) is 52.0 Å². The average molecular weight is 904 g/mol. The summed E-state index contributed by atoms with van der Waals surface area (Å²) in [4.78, 5) is 29.3. The lowest BCUT2D eigenvalue weighted by Gasteiger charge is -2.29. The molecule has 0 saturated carbocycles. The van der Waals surface area contributed by atoms with Gasteiger partial charge in [-0.1, -0.05) is 219 Å². The number of nitrogens with zero attached hydrogens (tertiary/aromatic N) is 1. The molecule has 0 radical (unpaired) electrons. The first-order chi connectivity index (χ1) is 31.3. The van der Waals surface area contributed by atoms with Gasteiger partial charge >= 0.3 is 11.9 Å². The predicted molar refractivity (Wildman–Crippen MR) is 275 cm³/mol. The highest BCUT2D eigenvalue weighted by atomic mass is 16.5. The number of carbonyl (C=O) groups is 2. The van der Waals surface area contributed by atoms with Crippen molar-refractivity contribution in [1.82, 2.24) is 4.90 Å². The van der Waals surface area contributed by atoms with Crippen LogP contribution in [0.3, 0.4) is 0 Å². The van der Waals surface area contributed by atoms with Gasteiger partial charge in [0.15, 0.2) is 0 Å². The normalized spacial score (nSPS) is 13.9. The van der Waals surface area contributed by atoms with E-state index < -0.39 is 18.8 Å². The molecule has 0 aromatic rings. The van der Waals surface area contributed by atoms with E-state index in [4.69, 9.17) is 9.47 Å². The molecule has 4 atom stereocenters. The van der Waals surface area contributed by atoms with Crippen LogP contribution in [-0.4, -0.2) is 71.6 Å². The van der Waals surface area contributed by atoms with Crippen molar-refractivity contribution in [3.8, 4) is 0 Å². The largest absolute Gasteiger partial charge is 0.462 e. The third-order valence-corrected chi connectivity index (χ3v) is 13.1. The minimum Gasteiger partial charge on any atom is -0.462 e. The molecule has 0 fully saturated rings. The van der Waals surface area contributed by atoms with E-state index in [-0.39, 0.29) is 43.5 Å². The number of hydrogen-bond acceptors (Lipinski definition) is 7. The first-order valence-electron chi connectivity index (χ1n) is 28.0. The summed E-state index contributed by atoms with van der Waals surface area (Å²) in [5, 5.41) is 20.0. The summed E-state index contributed by atoms with van der Waals surface area (Å²) in [5.74, 6) is -0.622. The van der Waals surface area contributed by atoms with Crippen LogP contribution < -0.4 is 0 Å². The first kappa shape index (κ1) is 62.3. The second-order valence-electron chi connectivity index (χ2n) is 19.4. The summed E-state index contributed by atoms with van der Waals surface area (Å²) in [6, 6.07) is -0.719. The quantitative estimate of drug-likeness (QED) is 0.0357. The number of rotatable bonds is 50. The predicted octanol–water partition coefficient (Wildman–Crippen LogP) is 16.3. The van der Waals surface area contributed by atoms with Crippen molar-refractivity contribution in [1.29, 1.82) is 0 Å². The third-order valence-electron chi connectivity index (χ3n) is 13.1. The van der Waals surface area contributed by atoms with Crippen LogP contribution in [0.2, 0.25) is 0 Å². The molecule has 0 saturated heterocycles. The van der Waals surface area contributed by atoms with Crippen molar-refractivity contribution in [2.24, 2.45) is 0 Å². The molecule has 7 nitrogen and oxygen atoms in total. The van der Waals surface area contributed by atoms with E-state index in [1.54, 1.807) is 11.9 Å². The van der Waals surface area contributed by atoms with Crippen LogP contribution in [0.1, 0.15) is 285 Å². The van der Waals surface area contributed by atoms with E-state index in [1.807, 2.05) is 0 Å². The molecule has 0 aliphatic heterocycles. The Balaban J connectivity index is 5.42. The molecule has 0 aliphatic carbocycles. The highest BCUT2D eigenvalue weighted by Gasteiger charge is 2.29. The number of hydrogen-bond donors (Lipinski definition) is 2. The Hall–Kier alpha value is -1.70. The molecule has 3 unspecified atom stereocenters. The molecular formula is C57H109NO6.